The van der Waals surface area contributed by atoms with Crippen LogP contribution in [0.5, 0.6) is 11.5 Å². The topological polar surface area (TPSA) is 71.1 Å². The first kappa shape index (κ1) is 34.8. The normalized spacial score (nSPS) is 12.2. The van der Waals surface area contributed by atoms with Gasteiger partial charge in [-0.15, -0.1) is 0 Å². The molecular formula is C47H38O6. The number of fused-ring (bicyclic) bond motifs is 3. The van der Waals surface area contributed by atoms with E-state index in [1.54, 1.807) is 0 Å². The van der Waals surface area contributed by atoms with E-state index in [1.165, 1.54) is 11.1 Å². The van der Waals surface area contributed by atoms with Crippen LogP contribution in [-0.2, 0) is 24.5 Å². The average Bonchev–Trinajstić information content (AvgIpc) is 3.52. The van der Waals surface area contributed by atoms with Gasteiger partial charge in [-0.25, -0.2) is 9.59 Å². The molecule has 262 valence electrons. The summed E-state index contributed by atoms with van der Waals surface area (Å²) in [5, 5.41) is 0. The number of hydrogen-bond donors (Lipinski definition) is 0. The Hall–Kier alpha value is -6.66. The number of carbonyl (C=O) groups is 2. The van der Waals surface area contributed by atoms with Crippen molar-refractivity contribution in [3.05, 3.63) is 193 Å². The summed E-state index contributed by atoms with van der Waals surface area (Å²) in [6, 6.07) is 50.2. The molecule has 0 radical (unpaired) electrons. The number of hydrogen-bond acceptors (Lipinski definition) is 6. The zero-order valence-corrected chi connectivity index (χ0v) is 29.2. The molecule has 6 heteroatoms. The lowest BCUT2D eigenvalue weighted by Crippen LogP contribution is -2.29. The molecule has 1 aliphatic carbocycles. The Morgan fingerprint density at radius 2 is 0.868 bits per heavy atom. The van der Waals surface area contributed by atoms with Crippen LogP contribution in [0.4, 0.5) is 0 Å². The number of ether oxygens (including phenoxy) is 4. The summed E-state index contributed by atoms with van der Waals surface area (Å²) in [5.74, 6) is 0.371. The molecule has 0 atom stereocenters. The molecule has 0 N–H and O–H groups in total. The van der Waals surface area contributed by atoms with Crippen molar-refractivity contribution in [2.24, 2.45) is 0 Å². The highest BCUT2D eigenvalue weighted by atomic mass is 16.6. The zero-order valence-electron chi connectivity index (χ0n) is 29.2. The van der Waals surface area contributed by atoms with E-state index in [2.05, 4.69) is 110 Å². The maximum atomic E-state index is 11.7. The maximum Gasteiger partial charge on any atom is 0.330 e. The van der Waals surface area contributed by atoms with Crippen molar-refractivity contribution >= 4 is 11.9 Å². The lowest BCUT2D eigenvalue weighted by atomic mass is 9.67. The highest BCUT2D eigenvalue weighted by Crippen LogP contribution is 2.57. The Balaban J connectivity index is 1.42. The fourth-order valence-electron chi connectivity index (χ4n) is 7.19. The van der Waals surface area contributed by atoms with Crippen LogP contribution in [0.3, 0.4) is 0 Å². The van der Waals surface area contributed by atoms with Crippen LogP contribution in [0.1, 0.15) is 22.3 Å². The monoisotopic (exact) mass is 698 g/mol. The Labute approximate surface area is 309 Å². The molecule has 0 unspecified atom stereocenters. The summed E-state index contributed by atoms with van der Waals surface area (Å²) in [5.41, 5.74) is 9.86. The van der Waals surface area contributed by atoms with Gasteiger partial charge in [0.2, 0.25) is 0 Å². The van der Waals surface area contributed by atoms with Crippen LogP contribution in [0.2, 0.25) is 0 Å². The van der Waals surface area contributed by atoms with Gasteiger partial charge in [0.15, 0.2) is 0 Å². The van der Waals surface area contributed by atoms with Crippen LogP contribution in [0.15, 0.2) is 171 Å². The third kappa shape index (κ3) is 6.87. The van der Waals surface area contributed by atoms with Gasteiger partial charge in [-0.1, -0.05) is 134 Å². The fraction of sp³-hybridized carbons (Fsp3) is 0.106. The number of carbonyl (C=O) groups excluding carboxylic acids is 2. The van der Waals surface area contributed by atoms with Crippen molar-refractivity contribution in [3.63, 3.8) is 0 Å². The molecule has 7 rings (SSSR count). The van der Waals surface area contributed by atoms with E-state index < -0.39 is 17.4 Å². The molecule has 0 bridgehead atoms. The molecule has 0 heterocycles. The third-order valence-corrected chi connectivity index (χ3v) is 9.45. The van der Waals surface area contributed by atoms with Gasteiger partial charge >= 0.3 is 11.9 Å². The van der Waals surface area contributed by atoms with E-state index >= 15 is 0 Å². The van der Waals surface area contributed by atoms with E-state index in [0.29, 0.717) is 11.5 Å². The van der Waals surface area contributed by atoms with Crippen LogP contribution in [-0.4, -0.2) is 38.4 Å². The SMILES string of the molecule is C=CC(=O)OCCOc1ccc(C2(c3ccc(OCCOC(=O)C=C)c(-c4ccccc4)c3)c3ccccc3-c3ccccc32)cc1-c1ccccc1. The van der Waals surface area contributed by atoms with Gasteiger partial charge in [0, 0.05) is 23.3 Å². The first-order chi connectivity index (χ1) is 26.0. The molecular weight excluding hydrogens is 661 g/mol. The van der Waals surface area contributed by atoms with E-state index in [0.717, 1.165) is 56.7 Å². The number of benzene rings is 6. The average molecular weight is 699 g/mol. The van der Waals surface area contributed by atoms with Crippen LogP contribution < -0.4 is 9.47 Å². The highest BCUT2D eigenvalue weighted by Gasteiger charge is 2.46. The number of rotatable bonds is 14. The van der Waals surface area contributed by atoms with Gasteiger partial charge in [0.25, 0.3) is 0 Å². The van der Waals surface area contributed by atoms with Gasteiger partial charge in [0.05, 0.1) is 5.41 Å². The van der Waals surface area contributed by atoms with Crippen molar-refractivity contribution in [1.29, 1.82) is 0 Å². The van der Waals surface area contributed by atoms with Gasteiger partial charge in [-0.05, 0) is 68.8 Å². The molecule has 0 saturated heterocycles. The molecule has 53 heavy (non-hydrogen) atoms. The summed E-state index contributed by atoms with van der Waals surface area (Å²) in [7, 11) is 0. The third-order valence-electron chi connectivity index (χ3n) is 9.45. The Morgan fingerprint density at radius 1 is 0.472 bits per heavy atom. The Bertz CT molecular complexity index is 2110. The molecule has 0 fully saturated rings. The molecule has 0 spiro atoms. The number of esters is 2. The zero-order chi connectivity index (χ0) is 36.6. The minimum Gasteiger partial charge on any atom is -0.489 e. The van der Waals surface area contributed by atoms with E-state index in [-0.39, 0.29) is 26.4 Å². The summed E-state index contributed by atoms with van der Waals surface area (Å²) < 4.78 is 23.0. The summed E-state index contributed by atoms with van der Waals surface area (Å²) in [6.45, 7) is 7.51. The predicted molar refractivity (Wildman–Crippen MR) is 208 cm³/mol. The molecule has 6 nitrogen and oxygen atoms in total. The van der Waals surface area contributed by atoms with Crippen LogP contribution in [0.25, 0.3) is 33.4 Å². The highest BCUT2D eigenvalue weighted by molar-refractivity contribution is 5.88. The molecule has 0 saturated carbocycles. The minimum absolute atomic E-state index is 0.0961. The predicted octanol–water partition coefficient (Wildman–Crippen LogP) is 9.60. The molecule has 1 aliphatic rings. The van der Waals surface area contributed by atoms with Crippen molar-refractivity contribution in [1.82, 2.24) is 0 Å². The molecule has 0 amide bonds. The molecule has 0 aliphatic heterocycles. The van der Waals surface area contributed by atoms with Gasteiger partial charge in [0.1, 0.15) is 37.9 Å². The minimum atomic E-state index is -0.726. The quantitative estimate of drug-likeness (QED) is 0.0640. The second-order valence-electron chi connectivity index (χ2n) is 12.4. The van der Waals surface area contributed by atoms with Gasteiger partial charge in [-0.3, -0.25) is 0 Å². The van der Waals surface area contributed by atoms with E-state index in [1.807, 2.05) is 48.5 Å². The van der Waals surface area contributed by atoms with E-state index in [4.69, 9.17) is 18.9 Å². The second-order valence-corrected chi connectivity index (χ2v) is 12.4. The molecule has 6 aromatic carbocycles. The molecule has 0 aromatic heterocycles. The lowest BCUT2D eigenvalue weighted by Gasteiger charge is -2.35. The first-order valence-corrected chi connectivity index (χ1v) is 17.5. The van der Waals surface area contributed by atoms with Gasteiger partial charge < -0.3 is 18.9 Å². The van der Waals surface area contributed by atoms with Crippen molar-refractivity contribution in [2.45, 2.75) is 5.41 Å². The van der Waals surface area contributed by atoms with Crippen LogP contribution in [0, 0.1) is 0 Å². The largest absolute Gasteiger partial charge is 0.489 e. The summed E-state index contributed by atoms with van der Waals surface area (Å²) in [6.07, 6.45) is 2.29. The summed E-state index contributed by atoms with van der Waals surface area (Å²) in [4.78, 5) is 23.4. The van der Waals surface area contributed by atoms with Crippen molar-refractivity contribution in [3.8, 4) is 44.9 Å². The standard InChI is InChI=1S/C47H38O6/c1-3-45(48)52-29-27-50-43-25-23-35(31-39(43)33-15-7-5-8-16-33)47(41-21-13-11-19-37(41)38-20-12-14-22-42(38)47)36-24-26-44(51-28-30-53-46(49)4-2)40(32-36)34-17-9-6-10-18-34/h3-26,31-32H,1-2,27-30H2. The van der Waals surface area contributed by atoms with E-state index in [9.17, 15) is 9.59 Å². The molecule has 6 aromatic rings. The Kier molecular flexibility index (Phi) is 10.3. The smallest absolute Gasteiger partial charge is 0.330 e. The van der Waals surface area contributed by atoms with Gasteiger partial charge in [-0.2, -0.15) is 0 Å². The second kappa shape index (κ2) is 15.7. The van der Waals surface area contributed by atoms with Crippen molar-refractivity contribution < 1.29 is 28.5 Å². The van der Waals surface area contributed by atoms with Crippen molar-refractivity contribution in [2.75, 3.05) is 26.4 Å². The van der Waals surface area contributed by atoms with Crippen LogP contribution >= 0.6 is 0 Å². The maximum absolute atomic E-state index is 11.7. The first-order valence-electron chi connectivity index (χ1n) is 17.5. The Morgan fingerprint density at radius 3 is 1.28 bits per heavy atom. The summed E-state index contributed by atoms with van der Waals surface area (Å²) >= 11 is 0. The lowest BCUT2D eigenvalue weighted by molar-refractivity contribution is -0.139. The fourth-order valence-corrected chi connectivity index (χ4v) is 7.19.